The van der Waals surface area contributed by atoms with Crippen molar-refractivity contribution in [1.82, 2.24) is 5.32 Å². The summed E-state index contributed by atoms with van der Waals surface area (Å²) in [5.41, 5.74) is 1.82. The van der Waals surface area contributed by atoms with E-state index in [-0.39, 0.29) is 18.4 Å². The van der Waals surface area contributed by atoms with E-state index in [1.807, 2.05) is 52.8 Å². The van der Waals surface area contributed by atoms with Gasteiger partial charge in [-0.3, -0.25) is 4.79 Å². The van der Waals surface area contributed by atoms with Gasteiger partial charge in [0.1, 0.15) is 0 Å². The zero-order valence-electron chi connectivity index (χ0n) is 15.8. The molecule has 1 atom stereocenters. The van der Waals surface area contributed by atoms with E-state index in [1.54, 1.807) is 4.90 Å². The lowest BCUT2D eigenvalue weighted by molar-refractivity contribution is -0.117. The molecule has 2 aliphatic rings. The third-order valence-electron chi connectivity index (χ3n) is 5.52. The summed E-state index contributed by atoms with van der Waals surface area (Å²) in [6.45, 7) is 10.3. The molecule has 26 heavy (non-hydrogen) atoms. The van der Waals surface area contributed by atoms with E-state index in [9.17, 15) is 9.59 Å². The van der Waals surface area contributed by atoms with Gasteiger partial charge in [-0.1, -0.05) is 6.07 Å². The Labute approximate surface area is 153 Å². The minimum absolute atomic E-state index is 0.0912. The summed E-state index contributed by atoms with van der Waals surface area (Å²) in [5.74, 6) is -0.0912. The van der Waals surface area contributed by atoms with Gasteiger partial charge in [-0.25, -0.2) is 4.79 Å². The number of nitrogens with zero attached hydrogens (tertiary/aromatic N) is 1. The molecule has 0 bridgehead atoms. The molecule has 7 nitrogen and oxygen atoms in total. The molecule has 0 saturated carbocycles. The van der Waals surface area contributed by atoms with Gasteiger partial charge in [-0.15, -0.1) is 0 Å². The number of rotatable bonds is 3. The van der Waals surface area contributed by atoms with Gasteiger partial charge < -0.3 is 24.6 Å². The number of amides is 2. The summed E-state index contributed by atoms with van der Waals surface area (Å²) in [6, 6.07) is 5.30. The first kappa shape index (κ1) is 18.7. The van der Waals surface area contributed by atoms with Crippen LogP contribution in [0.3, 0.4) is 0 Å². The molecule has 2 amide bonds. The van der Waals surface area contributed by atoms with Crippen molar-refractivity contribution in [2.24, 2.45) is 0 Å². The van der Waals surface area contributed by atoms with Crippen molar-refractivity contribution in [3.8, 4) is 0 Å². The number of carboxylic acid groups (broad SMARTS) is 1. The monoisotopic (exact) mass is 360 g/mol. The Morgan fingerprint density at radius 2 is 1.88 bits per heavy atom. The Morgan fingerprint density at radius 3 is 2.42 bits per heavy atom. The van der Waals surface area contributed by atoms with Crippen LogP contribution in [0.2, 0.25) is 0 Å². The van der Waals surface area contributed by atoms with Gasteiger partial charge in [0.25, 0.3) is 0 Å². The largest absolute Gasteiger partial charge is 0.495 e. The molecule has 2 fully saturated rings. The fourth-order valence-electron chi connectivity index (χ4n) is 3.29. The summed E-state index contributed by atoms with van der Waals surface area (Å²) < 4.78 is 12.2. The standard InChI is InChI=1S/C18H25BN2O5/c1-11-8-13(21-10-12(9-15(21)22)20-16(23)24)6-7-14(11)19-25-17(2,3)18(4,5)26-19/h6-8,12,20H,9-10H2,1-5H3,(H,23,24)/t12-/m0/s1. The topological polar surface area (TPSA) is 88.1 Å². The molecule has 1 aromatic rings. The van der Waals surface area contributed by atoms with Crippen LogP contribution in [0.4, 0.5) is 10.5 Å². The van der Waals surface area contributed by atoms with Crippen LogP contribution in [0.1, 0.15) is 39.7 Å². The van der Waals surface area contributed by atoms with E-state index in [0.717, 1.165) is 16.7 Å². The van der Waals surface area contributed by atoms with Gasteiger partial charge in [0.05, 0.1) is 17.2 Å². The van der Waals surface area contributed by atoms with Crippen molar-refractivity contribution in [3.05, 3.63) is 23.8 Å². The molecule has 8 heteroatoms. The second-order valence-corrected chi connectivity index (χ2v) is 7.98. The van der Waals surface area contributed by atoms with Crippen LogP contribution >= 0.6 is 0 Å². The molecular formula is C18H25BN2O5. The van der Waals surface area contributed by atoms with E-state index in [2.05, 4.69) is 5.32 Å². The predicted octanol–water partition coefficient (Wildman–Crippen LogP) is 1.67. The highest BCUT2D eigenvalue weighted by atomic mass is 16.7. The lowest BCUT2D eigenvalue weighted by atomic mass is 9.76. The van der Waals surface area contributed by atoms with Gasteiger partial charge in [0.2, 0.25) is 5.91 Å². The lowest BCUT2D eigenvalue weighted by Gasteiger charge is -2.32. The zero-order chi connectivity index (χ0) is 19.3. The van der Waals surface area contributed by atoms with Gasteiger partial charge in [0, 0.05) is 18.7 Å². The molecule has 140 valence electrons. The number of carbonyl (C=O) groups is 2. The highest BCUT2D eigenvalue weighted by Gasteiger charge is 2.52. The molecule has 3 rings (SSSR count). The van der Waals surface area contributed by atoms with E-state index in [0.29, 0.717) is 6.54 Å². The van der Waals surface area contributed by atoms with Crippen LogP contribution in [0.25, 0.3) is 0 Å². The van der Waals surface area contributed by atoms with E-state index < -0.39 is 24.4 Å². The highest BCUT2D eigenvalue weighted by molar-refractivity contribution is 6.62. The Hall–Kier alpha value is -2.06. The molecule has 0 radical (unpaired) electrons. The SMILES string of the molecule is Cc1cc(N2C[C@@H](NC(=O)O)CC2=O)ccc1B1OC(C)(C)C(C)(C)O1. The quantitative estimate of drug-likeness (QED) is 0.801. The van der Waals surface area contributed by atoms with Crippen LogP contribution in [-0.4, -0.2) is 48.0 Å². The third-order valence-corrected chi connectivity index (χ3v) is 5.52. The van der Waals surface area contributed by atoms with E-state index in [4.69, 9.17) is 14.4 Å². The number of hydrogen-bond acceptors (Lipinski definition) is 4. The van der Waals surface area contributed by atoms with Crippen LogP contribution in [0.15, 0.2) is 18.2 Å². The lowest BCUT2D eigenvalue weighted by Crippen LogP contribution is -2.41. The molecule has 2 heterocycles. The minimum Gasteiger partial charge on any atom is -0.465 e. The fourth-order valence-corrected chi connectivity index (χ4v) is 3.29. The van der Waals surface area contributed by atoms with Crippen LogP contribution in [0, 0.1) is 6.92 Å². The van der Waals surface area contributed by atoms with Crippen molar-refractivity contribution in [1.29, 1.82) is 0 Å². The van der Waals surface area contributed by atoms with Crippen LogP contribution in [0.5, 0.6) is 0 Å². The Balaban J connectivity index is 1.79. The van der Waals surface area contributed by atoms with E-state index in [1.165, 1.54) is 0 Å². The number of benzene rings is 1. The number of nitrogens with one attached hydrogen (secondary N) is 1. The second kappa shape index (κ2) is 6.28. The van der Waals surface area contributed by atoms with Crippen molar-refractivity contribution < 1.29 is 24.0 Å². The molecule has 1 aromatic carbocycles. The maximum Gasteiger partial charge on any atom is 0.495 e. The smallest absolute Gasteiger partial charge is 0.465 e. The summed E-state index contributed by atoms with van der Waals surface area (Å²) in [6.07, 6.45) is -0.943. The Bertz CT molecular complexity index is 733. The summed E-state index contributed by atoms with van der Waals surface area (Å²) in [4.78, 5) is 24.6. The number of hydrogen-bond donors (Lipinski definition) is 2. The average Bonchev–Trinajstić information content (AvgIpc) is 2.94. The molecule has 2 saturated heterocycles. The average molecular weight is 360 g/mol. The fraction of sp³-hybridized carbons (Fsp3) is 0.556. The minimum atomic E-state index is -1.11. The van der Waals surface area contributed by atoms with Gasteiger partial charge in [-0.2, -0.15) is 0 Å². The van der Waals surface area contributed by atoms with E-state index >= 15 is 0 Å². The van der Waals surface area contributed by atoms with Crippen LogP contribution < -0.4 is 15.7 Å². The Morgan fingerprint density at radius 1 is 1.27 bits per heavy atom. The molecule has 0 aliphatic carbocycles. The summed E-state index contributed by atoms with van der Waals surface area (Å²) in [5, 5.41) is 11.2. The normalized spacial score (nSPS) is 24.2. The first-order valence-electron chi connectivity index (χ1n) is 8.76. The predicted molar refractivity (Wildman–Crippen MR) is 98.8 cm³/mol. The van der Waals surface area contributed by atoms with Crippen molar-refractivity contribution >= 4 is 30.3 Å². The number of anilines is 1. The van der Waals surface area contributed by atoms with Gasteiger partial charge >= 0.3 is 13.2 Å². The molecule has 2 N–H and O–H groups in total. The molecule has 2 aliphatic heterocycles. The van der Waals surface area contributed by atoms with Crippen molar-refractivity contribution in [2.75, 3.05) is 11.4 Å². The molecule has 0 spiro atoms. The Kier molecular flexibility index (Phi) is 4.52. The number of carbonyl (C=O) groups excluding carboxylic acids is 1. The molecular weight excluding hydrogens is 335 g/mol. The summed E-state index contributed by atoms with van der Waals surface area (Å²) >= 11 is 0. The number of aryl methyl sites for hydroxylation is 1. The second-order valence-electron chi connectivity index (χ2n) is 7.98. The molecule has 0 unspecified atom stereocenters. The first-order chi connectivity index (χ1) is 12.0. The third kappa shape index (κ3) is 3.31. The molecule has 0 aromatic heterocycles. The maximum absolute atomic E-state index is 12.2. The highest BCUT2D eigenvalue weighted by Crippen LogP contribution is 2.37. The van der Waals surface area contributed by atoms with Crippen LogP contribution in [-0.2, 0) is 14.1 Å². The summed E-state index contributed by atoms with van der Waals surface area (Å²) in [7, 11) is -0.454. The zero-order valence-corrected chi connectivity index (χ0v) is 15.8. The van der Waals surface area contributed by atoms with Gasteiger partial charge in [-0.05, 0) is 57.8 Å². The first-order valence-corrected chi connectivity index (χ1v) is 8.76. The maximum atomic E-state index is 12.2. The van der Waals surface area contributed by atoms with Crippen molar-refractivity contribution in [2.45, 2.75) is 58.3 Å². The van der Waals surface area contributed by atoms with Gasteiger partial charge in [0.15, 0.2) is 0 Å². The van der Waals surface area contributed by atoms with Crippen molar-refractivity contribution in [3.63, 3.8) is 0 Å².